The van der Waals surface area contributed by atoms with Gasteiger partial charge < -0.3 is 4.74 Å². The van der Waals surface area contributed by atoms with Crippen LogP contribution < -0.4 is 0 Å². The molecular weight excluding hydrogens is 214 g/mol. The van der Waals surface area contributed by atoms with Gasteiger partial charge in [-0.3, -0.25) is 0 Å². The Morgan fingerprint density at radius 3 is 2.47 bits per heavy atom. The summed E-state index contributed by atoms with van der Waals surface area (Å²) in [5.41, 5.74) is 0. The Morgan fingerprint density at radius 2 is 1.93 bits per heavy atom. The average molecular weight is 226 g/mol. The fraction of sp³-hybridized carbons (Fsp3) is 0.300. The van der Waals surface area contributed by atoms with Gasteiger partial charge in [-0.2, -0.15) is 4.31 Å². The molecule has 1 aromatic carbocycles. The van der Waals surface area contributed by atoms with Gasteiger partial charge in [-0.25, -0.2) is 8.42 Å². The summed E-state index contributed by atoms with van der Waals surface area (Å²) in [7, 11) is -3.42. The zero-order valence-electron chi connectivity index (χ0n) is 8.38. The molecule has 1 fully saturated rings. The van der Waals surface area contributed by atoms with Gasteiger partial charge in [-0.1, -0.05) is 18.2 Å². The molecule has 1 aliphatic rings. The number of sulfonamides is 1. The minimum atomic E-state index is -3.42. The van der Waals surface area contributed by atoms with Gasteiger partial charge in [-0.15, -0.1) is 0 Å². The molecule has 15 heavy (non-hydrogen) atoms. The monoisotopic (exact) mass is 226 g/mol. The lowest BCUT2D eigenvalue weighted by Gasteiger charge is -2.17. The quantitative estimate of drug-likeness (QED) is 0.761. The van der Waals surface area contributed by atoms with Gasteiger partial charge in [-0.05, 0) is 19.1 Å². The van der Waals surface area contributed by atoms with Crippen molar-refractivity contribution in [2.24, 2.45) is 0 Å². The van der Waals surface area contributed by atoms with E-state index in [-0.39, 0.29) is 6.73 Å². The van der Waals surface area contributed by atoms with E-state index in [0.29, 0.717) is 11.5 Å². The Morgan fingerprint density at radius 1 is 1.27 bits per heavy atom. The van der Waals surface area contributed by atoms with Crippen molar-refractivity contribution < 1.29 is 13.2 Å². The fourth-order valence-corrected chi connectivity index (χ4v) is 2.88. The first kappa shape index (κ1) is 10.6. The molecule has 5 heteroatoms. The van der Waals surface area contributed by atoms with E-state index in [1.54, 1.807) is 37.3 Å². The van der Waals surface area contributed by atoms with Gasteiger partial charge >= 0.3 is 0 Å². The molecule has 0 saturated carbocycles. The summed E-state index contributed by atoms with van der Waals surface area (Å²) in [4.78, 5) is 0.301. The number of hydrogen-bond donors (Lipinski definition) is 0. The summed E-state index contributed by atoms with van der Waals surface area (Å²) < 4.78 is 30.5. The Labute approximate surface area is 89.5 Å². The lowest BCUT2D eigenvalue weighted by Crippen LogP contribution is -2.29. The first-order chi connectivity index (χ1) is 7.12. The number of rotatable bonds is 2. The maximum atomic E-state index is 12.1. The third-order valence-corrected chi connectivity index (χ3v) is 4.14. The maximum Gasteiger partial charge on any atom is 0.245 e. The van der Waals surface area contributed by atoms with Gasteiger partial charge in [0.15, 0.2) is 0 Å². The highest BCUT2D eigenvalue weighted by atomic mass is 32.2. The SMILES string of the molecule is C[C]1COCN1S(=O)(=O)c1ccccc1. The molecule has 0 bridgehead atoms. The molecule has 1 saturated heterocycles. The van der Waals surface area contributed by atoms with Gasteiger partial charge in [0.05, 0.1) is 17.5 Å². The van der Waals surface area contributed by atoms with Gasteiger partial charge in [0.2, 0.25) is 10.0 Å². The van der Waals surface area contributed by atoms with Crippen LogP contribution in [-0.2, 0) is 14.8 Å². The van der Waals surface area contributed by atoms with Crippen LogP contribution in [0.25, 0.3) is 0 Å². The molecule has 0 atom stereocenters. The van der Waals surface area contributed by atoms with E-state index < -0.39 is 10.0 Å². The van der Waals surface area contributed by atoms with Crippen molar-refractivity contribution in [3.8, 4) is 0 Å². The normalized spacial score (nSPS) is 19.5. The highest BCUT2D eigenvalue weighted by Crippen LogP contribution is 2.25. The Kier molecular flexibility index (Phi) is 2.77. The van der Waals surface area contributed by atoms with Crippen LogP contribution >= 0.6 is 0 Å². The first-order valence-corrected chi connectivity index (χ1v) is 6.04. The number of ether oxygens (including phenoxy) is 1. The second-order valence-electron chi connectivity index (χ2n) is 3.38. The molecule has 2 rings (SSSR count). The molecule has 0 N–H and O–H groups in total. The van der Waals surface area contributed by atoms with Crippen molar-refractivity contribution in [1.29, 1.82) is 0 Å². The summed E-state index contributed by atoms with van der Waals surface area (Å²) in [6.45, 7) is 2.25. The molecule has 4 nitrogen and oxygen atoms in total. The Hall–Kier alpha value is -0.910. The smallest absolute Gasteiger partial charge is 0.245 e. The third-order valence-electron chi connectivity index (χ3n) is 2.28. The molecule has 1 aromatic rings. The minimum Gasteiger partial charge on any atom is -0.363 e. The van der Waals surface area contributed by atoms with Crippen molar-refractivity contribution in [3.05, 3.63) is 36.4 Å². The van der Waals surface area contributed by atoms with Crippen LogP contribution in [0, 0.1) is 6.04 Å². The van der Waals surface area contributed by atoms with Gasteiger partial charge in [0.25, 0.3) is 0 Å². The van der Waals surface area contributed by atoms with Crippen LogP contribution in [0.2, 0.25) is 0 Å². The summed E-state index contributed by atoms with van der Waals surface area (Å²) >= 11 is 0. The molecule has 0 spiro atoms. The van der Waals surface area contributed by atoms with Gasteiger partial charge in [0, 0.05) is 0 Å². The average Bonchev–Trinajstić information content (AvgIpc) is 2.66. The van der Waals surface area contributed by atoms with E-state index in [4.69, 9.17) is 4.74 Å². The van der Waals surface area contributed by atoms with Crippen molar-refractivity contribution in [3.63, 3.8) is 0 Å². The molecule has 0 aromatic heterocycles. The molecule has 81 valence electrons. The molecule has 1 heterocycles. The number of nitrogens with zero attached hydrogens (tertiary/aromatic N) is 1. The second-order valence-corrected chi connectivity index (χ2v) is 5.24. The van der Waals surface area contributed by atoms with E-state index in [1.165, 1.54) is 4.31 Å². The third kappa shape index (κ3) is 1.90. The summed E-state index contributed by atoms with van der Waals surface area (Å²) in [6.07, 6.45) is 0. The van der Waals surface area contributed by atoms with Crippen molar-refractivity contribution in [1.82, 2.24) is 4.31 Å². The predicted octanol–water partition coefficient (Wildman–Crippen LogP) is 1.22. The topological polar surface area (TPSA) is 46.6 Å². The number of benzene rings is 1. The molecular formula is C10H12NO3S. The Bertz CT molecular complexity index is 429. The van der Waals surface area contributed by atoms with Crippen LogP contribution in [0.15, 0.2) is 35.2 Å². The van der Waals surface area contributed by atoms with Crippen LogP contribution in [0.4, 0.5) is 0 Å². The Balaban J connectivity index is 2.35. The largest absolute Gasteiger partial charge is 0.363 e. The summed E-state index contributed by atoms with van der Waals surface area (Å²) in [5.74, 6) is 0. The van der Waals surface area contributed by atoms with Crippen molar-refractivity contribution in [2.75, 3.05) is 13.3 Å². The van der Waals surface area contributed by atoms with E-state index in [0.717, 1.165) is 6.04 Å². The van der Waals surface area contributed by atoms with E-state index in [9.17, 15) is 8.42 Å². The highest BCUT2D eigenvalue weighted by molar-refractivity contribution is 7.89. The molecule has 0 aliphatic carbocycles. The second kappa shape index (κ2) is 3.92. The van der Waals surface area contributed by atoms with Crippen molar-refractivity contribution >= 4 is 10.0 Å². The summed E-state index contributed by atoms with van der Waals surface area (Å²) in [6, 6.07) is 9.09. The van der Waals surface area contributed by atoms with Crippen LogP contribution in [0.5, 0.6) is 0 Å². The lowest BCUT2D eigenvalue weighted by molar-refractivity contribution is 0.172. The van der Waals surface area contributed by atoms with Gasteiger partial charge in [0.1, 0.15) is 6.73 Å². The zero-order valence-corrected chi connectivity index (χ0v) is 9.20. The van der Waals surface area contributed by atoms with Crippen LogP contribution in [0.3, 0.4) is 0 Å². The van der Waals surface area contributed by atoms with E-state index in [1.807, 2.05) is 0 Å². The molecule has 0 unspecified atom stereocenters. The highest BCUT2D eigenvalue weighted by Gasteiger charge is 2.33. The molecule has 1 aliphatic heterocycles. The zero-order chi connectivity index (χ0) is 10.9. The number of hydrogen-bond acceptors (Lipinski definition) is 3. The first-order valence-electron chi connectivity index (χ1n) is 4.60. The van der Waals surface area contributed by atoms with Crippen molar-refractivity contribution in [2.45, 2.75) is 11.8 Å². The fourth-order valence-electron chi connectivity index (χ4n) is 1.45. The molecule has 0 amide bonds. The summed E-state index contributed by atoms with van der Waals surface area (Å²) in [5, 5.41) is 0. The molecule has 1 radical (unpaired) electrons. The minimum absolute atomic E-state index is 0.114. The van der Waals surface area contributed by atoms with Crippen LogP contribution in [0.1, 0.15) is 6.92 Å². The van der Waals surface area contributed by atoms with E-state index >= 15 is 0 Å². The van der Waals surface area contributed by atoms with E-state index in [2.05, 4.69) is 0 Å². The predicted molar refractivity (Wildman–Crippen MR) is 55.2 cm³/mol. The lowest BCUT2D eigenvalue weighted by atomic mass is 10.4. The standard InChI is InChI=1S/C10H12NO3S/c1-9-7-14-8-11(9)15(12,13)10-5-3-2-4-6-10/h2-6H,7-8H2,1H3. The van der Waals surface area contributed by atoms with Crippen LogP contribution in [-0.4, -0.2) is 26.1 Å². The maximum absolute atomic E-state index is 12.1.